The second-order valence-corrected chi connectivity index (χ2v) is 4.32. The van der Waals surface area contributed by atoms with Gasteiger partial charge in [0.25, 0.3) is 0 Å². The number of hydrogen-bond acceptors (Lipinski definition) is 3. The van der Waals surface area contributed by atoms with Gasteiger partial charge in [-0.2, -0.15) is 0 Å². The van der Waals surface area contributed by atoms with Crippen LogP contribution in [0, 0.1) is 0 Å². The molecule has 3 rings (SSSR count). The summed E-state index contributed by atoms with van der Waals surface area (Å²) in [7, 11) is 0. The number of ether oxygens (including phenoxy) is 1. The van der Waals surface area contributed by atoms with Crippen LogP contribution in [0.15, 0.2) is 42.3 Å². The van der Waals surface area contributed by atoms with Gasteiger partial charge in [0.05, 0.1) is 11.7 Å². The number of rotatable bonds is 2. The molecule has 1 aromatic carbocycles. The monoisotopic (exact) mass is 244 g/mol. The van der Waals surface area contributed by atoms with Gasteiger partial charge in [0.1, 0.15) is 6.26 Å². The maximum Gasteiger partial charge on any atom is 0.339 e. The van der Waals surface area contributed by atoms with Crippen LogP contribution in [0.5, 0.6) is 0 Å². The van der Waals surface area contributed by atoms with E-state index in [1.54, 1.807) is 4.90 Å². The van der Waals surface area contributed by atoms with Gasteiger partial charge < -0.3 is 10.1 Å². The zero-order valence-electron chi connectivity index (χ0n) is 9.79. The van der Waals surface area contributed by atoms with Crippen LogP contribution < -0.4 is 5.32 Å². The lowest BCUT2D eigenvalue weighted by atomic mass is 10.1. The van der Waals surface area contributed by atoms with Crippen molar-refractivity contribution in [3.05, 3.63) is 47.9 Å². The first kappa shape index (κ1) is 10.8. The van der Waals surface area contributed by atoms with Crippen LogP contribution in [0.25, 0.3) is 0 Å². The molecule has 18 heavy (non-hydrogen) atoms. The maximum atomic E-state index is 11.9. The van der Waals surface area contributed by atoms with Gasteiger partial charge in [-0.1, -0.05) is 30.3 Å². The molecule has 1 fully saturated rings. The Morgan fingerprint density at radius 1 is 1.28 bits per heavy atom. The molecule has 2 aliphatic heterocycles. The largest absolute Gasteiger partial charge is 0.431 e. The molecule has 2 heterocycles. The minimum atomic E-state index is -0.649. The Hall–Kier alpha value is -2.30. The molecule has 0 saturated carbocycles. The van der Waals surface area contributed by atoms with Crippen molar-refractivity contribution in [1.29, 1.82) is 0 Å². The summed E-state index contributed by atoms with van der Waals surface area (Å²) >= 11 is 0. The van der Waals surface area contributed by atoms with Crippen molar-refractivity contribution in [3.63, 3.8) is 0 Å². The van der Waals surface area contributed by atoms with Crippen molar-refractivity contribution in [2.24, 2.45) is 0 Å². The van der Waals surface area contributed by atoms with E-state index in [0.29, 0.717) is 5.70 Å². The molecule has 1 saturated heterocycles. The van der Waals surface area contributed by atoms with Crippen LogP contribution in [0.4, 0.5) is 4.79 Å². The lowest BCUT2D eigenvalue weighted by Gasteiger charge is -2.23. The highest BCUT2D eigenvalue weighted by molar-refractivity contribution is 5.94. The minimum absolute atomic E-state index is 0.142. The van der Waals surface area contributed by atoms with Crippen molar-refractivity contribution >= 4 is 12.0 Å². The number of hydrogen-bond donors (Lipinski definition) is 1. The third-order valence-electron chi connectivity index (χ3n) is 3.26. The van der Waals surface area contributed by atoms with E-state index in [4.69, 9.17) is 4.74 Å². The number of nitrogens with zero attached hydrogens (tertiary/aromatic N) is 1. The molecular formula is C13H12N2O3. The average Bonchev–Trinajstić information content (AvgIpc) is 2.89. The van der Waals surface area contributed by atoms with Crippen LogP contribution in [0.1, 0.15) is 18.5 Å². The van der Waals surface area contributed by atoms with Gasteiger partial charge in [-0.25, -0.2) is 9.59 Å². The van der Waals surface area contributed by atoms with E-state index in [1.807, 2.05) is 37.3 Å². The molecule has 0 aliphatic carbocycles. The molecule has 0 spiro atoms. The zero-order chi connectivity index (χ0) is 12.7. The van der Waals surface area contributed by atoms with Crippen LogP contribution in [0.3, 0.4) is 0 Å². The summed E-state index contributed by atoms with van der Waals surface area (Å²) in [6.45, 7) is 1.92. The number of esters is 1. The van der Waals surface area contributed by atoms with Gasteiger partial charge in [-0.15, -0.1) is 0 Å². The normalized spacial score (nSPS) is 23.3. The number of cyclic esters (lactones) is 1. The molecule has 0 radical (unpaired) electrons. The number of carbonyl (C=O) groups excluding carboxylic acids is 2. The third kappa shape index (κ3) is 1.48. The van der Waals surface area contributed by atoms with E-state index in [2.05, 4.69) is 5.32 Å². The fraction of sp³-hybridized carbons (Fsp3) is 0.231. The summed E-state index contributed by atoms with van der Waals surface area (Å²) in [5.74, 6) is -0.430. The van der Waals surface area contributed by atoms with Crippen LogP contribution in [-0.2, 0) is 9.53 Å². The van der Waals surface area contributed by atoms with Crippen molar-refractivity contribution in [1.82, 2.24) is 10.2 Å². The van der Waals surface area contributed by atoms with Crippen LogP contribution >= 0.6 is 0 Å². The first-order valence-corrected chi connectivity index (χ1v) is 5.73. The summed E-state index contributed by atoms with van der Waals surface area (Å²) in [5, 5.41) is 2.61. The SMILES string of the molecule is C[C@H](c1ccccc1)N1C(=O)NC2C(=O)OC=C21. The van der Waals surface area contributed by atoms with Crippen molar-refractivity contribution in [2.45, 2.75) is 19.0 Å². The van der Waals surface area contributed by atoms with Gasteiger partial charge >= 0.3 is 12.0 Å². The number of urea groups is 1. The number of amides is 2. The Balaban J connectivity index is 1.93. The summed E-state index contributed by atoms with van der Waals surface area (Å²) in [5.41, 5.74) is 1.59. The average molecular weight is 244 g/mol. The Kier molecular flexibility index (Phi) is 2.33. The first-order chi connectivity index (χ1) is 8.68. The zero-order valence-corrected chi connectivity index (χ0v) is 9.79. The summed E-state index contributed by atoms with van der Waals surface area (Å²) < 4.78 is 4.83. The van der Waals surface area contributed by atoms with Crippen molar-refractivity contribution in [2.75, 3.05) is 0 Å². The third-order valence-corrected chi connectivity index (χ3v) is 3.26. The van der Waals surface area contributed by atoms with Crippen molar-refractivity contribution < 1.29 is 14.3 Å². The van der Waals surface area contributed by atoms with Gasteiger partial charge in [-0.3, -0.25) is 4.90 Å². The second kappa shape index (κ2) is 3.87. The topological polar surface area (TPSA) is 58.6 Å². The molecule has 5 nitrogen and oxygen atoms in total. The standard InChI is InChI=1S/C13H12N2O3/c1-8(9-5-3-2-4-6-9)15-10-7-18-12(16)11(10)14-13(15)17/h2-8,11H,1H3,(H,14,17)/t8-,11?/m1/s1. The number of carbonyl (C=O) groups is 2. The Morgan fingerprint density at radius 2 is 2.00 bits per heavy atom. The molecule has 1 aromatic rings. The smallest absolute Gasteiger partial charge is 0.339 e. The van der Waals surface area contributed by atoms with E-state index >= 15 is 0 Å². The molecule has 2 aliphatic rings. The fourth-order valence-electron chi connectivity index (χ4n) is 2.29. The lowest BCUT2D eigenvalue weighted by Crippen LogP contribution is -2.33. The highest BCUT2D eigenvalue weighted by Crippen LogP contribution is 2.32. The van der Waals surface area contributed by atoms with Gasteiger partial charge in [0.2, 0.25) is 0 Å². The van der Waals surface area contributed by atoms with Gasteiger partial charge in [0, 0.05) is 0 Å². The predicted octanol–water partition coefficient (Wildman–Crippen LogP) is 1.54. The second-order valence-electron chi connectivity index (χ2n) is 4.32. The molecule has 0 bridgehead atoms. The summed E-state index contributed by atoms with van der Waals surface area (Å²) in [6.07, 6.45) is 1.35. The highest BCUT2D eigenvalue weighted by Gasteiger charge is 2.45. The Bertz CT molecular complexity index is 538. The quantitative estimate of drug-likeness (QED) is 0.803. The molecule has 1 unspecified atom stereocenters. The minimum Gasteiger partial charge on any atom is -0.431 e. The Morgan fingerprint density at radius 3 is 2.72 bits per heavy atom. The Labute approximate surface area is 104 Å². The van der Waals surface area contributed by atoms with Gasteiger partial charge in [0.15, 0.2) is 6.04 Å². The molecule has 0 aromatic heterocycles. The predicted molar refractivity (Wildman–Crippen MR) is 63.2 cm³/mol. The van der Waals surface area contributed by atoms with E-state index in [9.17, 15) is 9.59 Å². The summed E-state index contributed by atoms with van der Waals surface area (Å²) in [6, 6.07) is 8.60. The van der Waals surface area contributed by atoms with Crippen LogP contribution in [-0.4, -0.2) is 22.9 Å². The van der Waals surface area contributed by atoms with E-state index in [-0.39, 0.29) is 12.1 Å². The highest BCUT2D eigenvalue weighted by atomic mass is 16.5. The van der Waals surface area contributed by atoms with E-state index in [0.717, 1.165) is 5.56 Å². The van der Waals surface area contributed by atoms with E-state index in [1.165, 1.54) is 6.26 Å². The van der Waals surface area contributed by atoms with E-state index < -0.39 is 12.0 Å². The molecule has 1 N–H and O–H groups in total. The number of fused-ring (bicyclic) bond motifs is 1. The summed E-state index contributed by atoms with van der Waals surface area (Å²) in [4.78, 5) is 24.9. The molecule has 5 heteroatoms. The first-order valence-electron chi connectivity index (χ1n) is 5.73. The molecular weight excluding hydrogens is 232 g/mol. The lowest BCUT2D eigenvalue weighted by molar-refractivity contribution is -0.136. The fourth-order valence-corrected chi connectivity index (χ4v) is 2.29. The maximum absolute atomic E-state index is 11.9. The molecule has 92 valence electrons. The molecule has 2 amide bonds. The number of benzene rings is 1. The van der Waals surface area contributed by atoms with Crippen LogP contribution in [0.2, 0.25) is 0 Å². The molecule has 2 atom stereocenters. The number of nitrogens with one attached hydrogen (secondary N) is 1. The van der Waals surface area contributed by atoms with Gasteiger partial charge in [-0.05, 0) is 12.5 Å². The van der Waals surface area contributed by atoms with Crippen molar-refractivity contribution in [3.8, 4) is 0 Å².